The molecule has 0 bridgehead atoms. The molecule has 0 unspecified atom stereocenters. The minimum absolute atomic E-state index is 0.423. The number of rotatable bonds is 6. The summed E-state index contributed by atoms with van der Waals surface area (Å²) in [6.45, 7) is 2.23. The van der Waals surface area contributed by atoms with Crippen molar-refractivity contribution in [3.63, 3.8) is 0 Å². The fraction of sp³-hybridized carbons (Fsp3) is 0.438. The highest BCUT2D eigenvalue weighted by atomic mass is 16.3. The number of benzene rings is 1. The second-order valence-electron chi connectivity index (χ2n) is 4.74. The molecule has 2 rings (SSSR count). The maximum Gasteiger partial charge on any atom is 0.134 e. The summed E-state index contributed by atoms with van der Waals surface area (Å²) in [4.78, 5) is 0. The molecule has 94 valence electrons. The molecular weight excluding hydrogens is 222 g/mol. The molecule has 0 N–H and O–H groups in total. The zero-order chi connectivity index (χ0) is 12.8. The molecule has 2 nitrogen and oxygen atoms in total. The summed E-state index contributed by atoms with van der Waals surface area (Å²) in [6, 6.07) is 8.51. The van der Waals surface area contributed by atoms with Gasteiger partial charge in [0.1, 0.15) is 5.58 Å². The first kappa shape index (κ1) is 12.7. The van der Waals surface area contributed by atoms with E-state index in [-0.39, 0.29) is 0 Å². The van der Waals surface area contributed by atoms with E-state index in [4.69, 9.17) is 9.68 Å². The van der Waals surface area contributed by atoms with Crippen LogP contribution < -0.4 is 0 Å². The first-order valence-corrected chi connectivity index (χ1v) is 6.71. The van der Waals surface area contributed by atoms with Crippen molar-refractivity contribution < 1.29 is 4.42 Å². The number of nitriles is 1. The van der Waals surface area contributed by atoms with Gasteiger partial charge in [0.05, 0.1) is 18.8 Å². The molecule has 2 heteroatoms. The molecule has 1 heterocycles. The minimum atomic E-state index is 0.423. The molecular formula is C16H19NO. The Balaban J connectivity index is 2.10. The molecule has 0 aliphatic rings. The second-order valence-corrected chi connectivity index (χ2v) is 4.74. The summed E-state index contributed by atoms with van der Waals surface area (Å²) >= 11 is 0. The molecule has 0 radical (unpaired) electrons. The molecule has 0 saturated heterocycles. The van der Waals surface area contributed by atoms with Crippen LogP contribution in [0.15, 0.2) is 28.9 Å². The second kappa shape index (κ2) is 6.26. The minimum Gasteiger partial charge on any atom is -0.464 e. The Bertz CT molecular complexity index is 548. The summed E-state index contributed by atoms with van der Waals surface area (Å²) in [5, 5.41) is 9.88. The van der Waals surface area contributed by atoms with Gasteiger partial charge in [-0.05, 0) is 30.5 Å². The average Bonchev–Trinajstić information content (AvgIpc) is 2.78. The molecule has 0 atom stereocenters. The molecule has 0 aliphatic heterocycles. The van der Waals surface area contributed by atoms with Crippen LogP contribution >= 0.6 is 0 Å². The van der Waals surface area contributed by atoms with E-state index in [1.165, 1.54) is 31.2 Å². The van der Waals surface area contributed by atoms with Crippen LogP contribution in [0.4, 0.5) is 0 Å². The van der Waals surface area contributed by atoms with Gasteiger partial charge in [-0.1, -0.05) is 32.3 Å². The average molecular weight is 241 g/mol. The lowest BCUT2D eigenvalue weighted by molar-refractivity contribution is 0.612. The monoisotopic (exact) mass is 241 g/mol. The first-order chi connectivity index (χ1) is 8.85. The molecule has 18 heavy (non-hydrogen) atoms. The van der Waals surface area contributed by atoms with Gasteiger partial charge in [-0.2, -0.15) is 5.26 Å². The third-order valence-corrected chi connectivity index (χ3v) is 3.31. The van der Waals surface area contributed by atoms with Crippen LogP contribution in [-0.2, 0) is 12.8 Å². The third kappa shape index (κ3) is 2.92. The van der Waals surface area contributed by atoms with E-state index in [1.54, 1.807) is 6.26 Å². The molecule has 0 aliphatic carbocycles. The van der Waals surface area contributed by atoms with E-state index in [9.17, 15) is 0 Å². The van der Waals surface area contributed by atoms with Gasteiger partial charge in [0.15, 0.2) is 0 Å². The normalized spacial score (nSPS) is 10.7. The van der Waals surface area contributed by atoms with Crippen LogP contribution in [0.2, 0.25) is 0 Å². The van der Waals surface area contributed by atoms with E-state index in [2.05, 4.69) is 25.1 Å². The predicted octanol–water partition coefficient (Wildman–Crippen LogP) is 4.62. The lowest BCUT2D eigenvalue weighted by Gasteiger charge is -2.01. The van der Waals surface area contributed by atoms with Gasteiger partial charge in [-0.3, -0.25) is 0 Å². The van der Waals surface area contributed by atoms with Gasteiger partial charge in [-0.25, -0.2) is 0 Å². The van der Waals surface area contributed by atoms with Gasteiger partial charge < -0.3 is 4.42 Å². The van der Waals surface area contributed by atoms with Crippen LogP contribution in [0.3, 0.4) is 0 Å². The highest BCUT2D eigenvalue weighted by molar-refractivity contribution is 5.82. The zero-order valence-corrected chi connectivity index (χ0v) is 10.9. The van der Waals surface area contributed by atoms with Gasteiger partial charge in [-0.15, -0.1) is 0 Å². The lowest BCUT2D eigenvalue weighted by Crippen LogP contribution is -1.86. The van der Waals surface area contributed by atoms with Crippen molar-refractivity contribution in [2.24, 2.45) is 0 Å². The Labute approximate surface area is 108 Å². The third-order valence-electron chi connectivity index (χ3n) is 3.31. The van der Waals surface area contributed by atoms with E-state index in [0.29, 0.717) is 6.42 Å². The van der Waals surface area contributed by atoms with Crippen molar-refractivity contribution in [3.05, 3.63) is 35.6 Å². The van der Waals surface area contributed by atoms with Gasteiger partial charge >= 0.3 is 0 Å². The molecule has 1 aromatic carbocycles. The number of unbranched alkanes of at least 4 members (excludes halogenated alkanes) is 3. The Hall–Kier alpha value is -1.75. The maximum atomic E-state index is 8.78. The number of hydrogen-bond acceptors (Lipinski definition) is 2. The van der Waals surface area contributed by atoms with Crippen LogP contribution in [0.5, 0.6) is 0 Å². The van der Waals surface area contributed by atoms with Crippen LogP contribution in [-0.4, -0.2) is 0 Å². The summed E-state index contributed by atoms with van der Waals surface area (Å²) in [5.74, 6) is 0. The van der Waals surface area contributed by atoms with E-state index < -0.39 is 0 Å². The van der Waals surface area contributed by atoms with Crippen molar-refractivity contribution in [2.75, 3.05) is 0 Å². The summed E-state index contributed by atoms with van der Waals surface area (Å²) in [5.41, 5.74) is 3.24. The van der Waals surface area contributed by atoms with Gasteiger partial charge in [0.25, 0.3) is 0 Å². The Morgan fingerprint density at radius 1 is 1.22 bits per heavy atom. The van der Waals surface area contributed by atoms with Crippen LogP contribution in [0, 0.1) is 11.3 Å². The summed E-state index contributed by atoms with van der Waals surface area (Å²) in [7, 11) is 0. The maximum absolute atomic E-state index is 8.78. The molecule has 0 saturated carbocycles. The number of furan rings is 1. The number of hydrogen-bond donors (Lipinski definition) is 0. The van der Waals surface area contributed by atoms with Gasteiger partial charge in [0, 0.05) is 10.9 Å². The Morgan fingerprint density at radius 2 is 2.11 bits per heavy atom. The SMILES string of the molecule is CCCCCCc1ccc2occ(CC#N)c2c1. The van der Waals surface area contributed by atoms with Crippen molar-refractivity contribution in [3.8, 4) is 6.07 Å². The Kier molecular flexibility index (Phi) is 4.41. The largest absolute Gasteiger partial charge is 0.464 e. The van der Waals surface area contributed by atoms with Gasteiger partial charge in [0.2, 0.25) is 0 Å². The smallest absolute Gasteiger partial charge is 0.134 e. The quantitative estimate of drug-likeness (QED) is 0.692. The number of nitrogens with zero attached hydrogens (tertiary/aromatic N) is 1. The van der Waals surface area contributed by atoms with E-state index in [1.807, 2.05) is 6.07 Å². The highest BCUT2D eigenvalue weighted by Crippen LogP contribution is 2.23. The predicted molar refractivity (Wildman–Crippen MR) is 73.4 cm³/mol. The lowest BCUT2D eigenvalue weighted by atomic mass is 10.0. The van der Waals surface area contributed by atoms with Crippen LogP contribution in [0.25, 0.3) is 11.0 Å². The Morgan fingerprint density at radius 3 is 2.89 bits per heavy atom. The fourth-order valence-electron chi connectivity index (χ4n) is 2.26. The molecule has 0 spiro atoms. The number of aryl methyl sites for hydroxylation is 1. The van der Waals surface area contributed by atoms with Crippen molar-refractivity contribution in [2.45, 2.75) is 45.4 Å². The number of fused-ring (bicyclic) bond motifs is 1. The zero-order valence-electron chi connectivity index (χ0n) is 10.9. The fourth-order valence-corrected chi connectivity index (χ4v) is 2.26. The van der Waals surface area contributed by atoms with E-state index in [0.717, 1.165) is 23.0 Å². The van der Waals surface area contributed by atoms with Crippen molar-refractivity contribution in [1.82, 2.24) is 0 Å². The highest BCUT2D eigenvalue weighted by Gasteiger charge is 2.06. The molecule has 2 aromatic rings. The summed E-state index contributed by atoms with van der Waals surface area (Å²) < 4.78 is 5.45. The van der Waals surface area contributed by atoms with Crippen LogP contribution in [0.1, 0.15) is 43.7 Å². The topological polar surface area (TPSA) is 36.9 Å². The standard InChI is InChI=1S/C16H19NO/c1-2-3-4-5-6-13-7-8-16-15(11-13)14(9-10-17)12-18-16/h7-8,11-12H,2-6,9H2,1H3. The first-order valence-electron chi connectivity index (χ1n) is 6.71. The molecule has 0 amide bonds. The van der Waals surface area contributed by atoms with E-state index >= 15 is 0 Å². The molecule has 1 aromatic heterocycles. The van der Waals surface area contributed by atoms with Crippen molar-refractivity contribution in [1.29, 1.82) is 5.26 Å². The van der Waals surface area contributed by atoms with Crippen molar-refractivity contribution >= 4 is 11.0 Å². The molecule has 0 fully saturated rings. The summed E-state index contributed by atoms with van der Waals surface area (Å²) in [6.07, 6.45) is 8.37.